The largest absolute Gasteiger partial charge is 0.465 e. The topological polar surface area (TPSA) is 96.7 Å². The Labute approximate surface area is 119 Å². The Morgan fingerprint density at radius 1 is 1.50 bits per heavy atom. The number of halogens is 1. The predicted molar refractivity (Wildman–Crippen MR) is 69.6 cm³/mol. The molecule has 1 heterocycles. The van der Waals surface area contributed by atoms with Crippen LogP contribution in [0.3, 0.4) is 0 Å². The van der Waals surface area contributed by atoms with E-state index in [1.54, 1.807) is 0 Å². The van der Waals surface area contributed by atoms with E-state index in [0.29, 0.717) is 0 Å². The molecule has 0 amide bonds. The van der Waals surface area contributed by atoms with E-state index in [1.165, 1.54) is 6.92 Å². The number of nitrogens with zero attached hydrogens (tertiary/aromatic N) is 1. The molecule has 1 aromatic heterocycles. The molecule has 110 valence electrons. The minimum atomic E-state index is -1.39. The predicted octanol–water partition coefficient (Wildman–Crippen LogP) is 0.681. The number of aliphatic hydroxyl groups excluding tert-OH is 2. The minimum absolute atomic E-state index is 0.0264. The van der Waals surface area contributed by atoms with Crippen LogP contribution in [0.4, 0.5) is 4.39 Å². The van der Waals surface area contributed by atoms with Crippen molar-refractivity contribution in [2.45, 2.75) is 19.1 Å². The summed E-state index contributed by atoms with van der Waals surface area (Å²) in [6.45, 7) is 1.33. The molecule has 0 aliphatic carbocycles. The van der Waals surface area contributed by atoms with Gasteiger partial charge in [0.2, 0.25) is 5.95 Å². The van der Waals surface area contributed by atoms with E-state index >= 15 is 0 Å². The Hall–Kier alpha value is -1.51. The van der Waals surface area contributed by atoms with Crippen LogP contribution in [0.5, 0.6) is 0 Å². The molecule has 2 N–H and O–H groups in total. The quantitative estimate of drug-likeness (QED) is 0.610. The highest BCUT2D eigenvalue weighted by Crippen LogP contribution is 2.21. The third-order valence-electron chi connectivity index (χ3n) is 2.43. The normalized spacial score (nSPS) is 13.7. The molecule has 0 aromatic carbocycles. The number of ether oxygens (including phenoxy) is 1. The first-order valence-corrected chi connectivity index (χ1v) is 6.58. The number of esters is 1. The van der Waals surface area contributed by atoms with Crippen molar-refractivity contribution >= 4 is 22.8 Å². The van der Waals surface area contributed by atoms with Gasteiger partial charge < -0.3 is 14.9 Å². The molecule has 0 radical (unpaired) electrons. The fourth-order valence-corrected chi connectivity index (χ4v) is 1.98. The van der Waals surface area contributed by atoms with Gasteiger partial charge in [0.1, 0.15) is 11.7 Å². The lowest BCUT2D eigenvalue weighted by molar-refractivity contribution is -0.109. The number of aromatic nitrogens is 1. The maximum absolute atomic E-state index is 13.3. The van der Waals surface area contributed by atoms with Gasteiger partial charge in [0.25, 0.3) is 0 Å². The van der Waals surface area contributed by atoms with Gasteiger partial charge in [0.15, 0.2) is 5.12 Å². The molecular formula is C12H14FNO5S. The Bertz CT molecular complexity index is 511. The van der Waals surface area contributed by atoms with Gasteiger partial charge >= 0.3 is 5.97 Å². The molecule has 0 saturated carbocycles. The molecule has 0 saturated heterocycles. The van der Waals surface area contributed by atoms with Crippen molar-refractivity contribution in [2.24, 2.45) is 0 Å². The van der Waals surface area contributed by atoms with Crippen LogP contribution in [0, 0.1) is 5.95 Å². The maximum Gasteiger partial charge on any atom is 0.342 e. The summed E-state index contributed by atoms with van der Waals surface area (Å²) in [6, 6.07) is 1.06. The Balaban J connectivity index is 2.90. The standard InChI is InChI=1S/C12H14FNO5S/c1-6(15)20-5-9(16)10(17)7-3-8(12(18)19-2)11(13)14-4-7/h3-4,9-10,16-17H,5H2,1-2H3. The lowest BCUT2D eigenvalue weighted by atomic mass is 10.1. The van der Waals surface area contributed by atoms with Crippen LogP contribution in [0.2, 0.25) is 0 Å². The number of hydrogen-bond donors (Lipinski definition) is 2. The molecule has 0 spiro atoms. The molecule has 2 unspecified atom stereocenters. The highest BCUT2D eigenvalue weighted by molar-refractivity contribution is 8.13. The van der Waals surface area contributed by atoms with Crippen LogP contribution >= 0.6 is 11.8 Å². The van der Waals surface area contributed by atoms with Crippen LogP contribution in [-0.4, -0.2) is 45.2 Å². The number of aliphatic hydroxyl groups is 2. The van der Waals surface area contributed by atoms with Gasteiger partial charge in [0, 0.05) is 24.4 Å². The third kappa shape index (κ3) is 4.26. The van der Waals surface area contributed by atoms with E-state index in [-0.39, 0.29) is 16.4 Å². The number of rotatable bonds is 5. The fraction of sp³-hybridized carbons (Fsp3) is 0.417. The van der Waals surface area contributed by atoms with Crippen molar-refractivity contribution in [1.29, 1.82) is 0 Å². The Morgan fingerprint density at radius 2 is 2.15 bits per heavy atom. The minimum Gasteiger partial charge on any atom is -0.465 e. The average molecular weight is 303 g/mol. The zero-order chi connectivity index (χ0) is 15.3. The molecule has 2 atom stereocenters. The zero-order valence-corrected chi connectivity index (χ0v) is 11.7. The van der Waals surface area contributed by atoms with E-state index in [4.69, 9.17) is 0 Å². The van der Waals surface area contributed by atoms with Crippen molar-refractivity contribution in [3.05, 3.63) is 29.3 Å². The fourth-order valence-electron chi connectivity index (χ4n) is 1.40. The van der Waals surface area contributed by atoms with Crippen LogP contribution in [0.15, 0.2) is 12.3 Å². The molecule has 6 nitrogen and oxygen atoms in total. The molecule has 1 aromatic rings. The molecular weight excluding hydrogens is 289 g/mol. The number of carbonyl (C=O) groups is 2. The van der Waals surface area contributed by atoms with Gasteiger partial charge in [-0.2, -0.15) is 4.39 Å². The van der Waals surface area contributed by atoms with E-state index in [2.05, 4.69) is 9.72 Å². The summed E-state index contributed by atoms with van der Waals surface area (Å²) in [7, 11) is 1.09. The van der Waals surface area contributed by atoms with Crippen LogP contribution < -0.4 is 0 Å². The number of thioether (sulfide) groups is 1. The van der Waals surface area contributed by atoms with E-state index in [1.807, 2.05) is 0 Å². The number of hydrogen-bond acceptors (Lipinski definition) is 7. The molecule has 0 bridgehead atoms. The van der Waals surface area contributed by atoms with Crippen LogP contribution in [-0.2, 0) is 9.53 Å². The number of pyridine rings is 1. The molecule has 0 aliphatic heterocycles. The van der Waals surface area contributed by atoms with Gasteiger partial charge in [-0.3, -0.25) is 4.79 Å². The van der Waals surface area contributed by atoms with Gasteiger partial charge in [0.05, 0.1) is 13.2 Å². The second-order valence-corrected chi connectivity index (χ2v) is 5.11. The average Bonchev–Trinajstić information content (AvgIpc) is 2.43. The molecule has 0 fully saturated rings. The van der Waals surface area contributed by atoms with E-state index < -0.39 is 29.7 Å². The molecule has 8 heteroatoms. The summed E-state index contributed by atoms with van der Waals surface area (Å²) in [5, 5.41) is 19.4. The summed E-state index contributed by atoms with van der Waals surface area (Å²) in [5.74, 6) is -1.99. The zero-order valence-electron chi connectivity index (χ0n) is 10.9. The lowest BCUT2D eigenvalue weighted by Crippen LogP contribution is -2.22. The van der Waals surface area contributed by atoms with Crippen molar-refractivity contribution in [3.63, 3.8) is 0 Å². The first-order valence-electron chi connectivity index (χ1n) is 5.60. The van der Waals surface area contributed by atoms with Gasteiger partial charge in [-0.15, -0.1) is 0 Å². The number of carbonyl (C=O) groups excluding carboxylic acids is 2. The van der Waals surface area contributed by atoms with E-state index in [9.17, 15) is 24.2 Å². The summed E-state index contributed by atoms with van der Waals surface area (Å²) < 4.78 is 17.7. The summed E-state index contributed by atoms with van der Waals surface area (Å²) in [4.78, 5) is 25.4. The first kappa shape index (κ1) is 16.5. The van der Waals surface area contributed by atoms with Crippen molar-refractivity contribution in [3.8, 4) is 0 Å². The maximum atomic E-state index is 13.3. The second kappa shape index (κ2) is 7.32. The van der Waals surface area contributed by atoms with Gasteiger partial charge in [-0.05, 0) is 6.07 Å². The summed E-state index contributed by atoms with van der Waals surface area (Å²) >= 11 is 0.846. The van der Waals surface area contributed by atoms with Gasteiger partial charge in [-0.25, -0.2) is 9.78 Å². The summed E-state index contributed by atoms with van der Waals surface area (Å²) in [5.41, 5.74) is -0.376. The SMILES string of the molecule is COC(=O)c1cc(C(O)C(O)CSC(C)=O)cnc1F. The number of methoxy groups -OCH3 is 1. The van der Waals surface area contributed by atoms with Crippen molar-refractivity contribution in [2.75, 3.05) is 12.9 Å². The smallest absolute Gasteiger partial charge is 0.342 e. The Kier molecular flexibility index (Phi) is 6.05. The lowest BCUT2D eigenvalue weighted by Gasteiger charge is -2.17. The molecule has 0 aliphatic rings. The molecule has 20 heavy (non-hydrogen) atoms. The highest BCUT2D eigenvalue weighted by Gasteiger charge is 2.22. The molecule has 1 rings (SSSR count). The monoisotopic (exact) mass is 303 g/mol. The third-order valence-corrected chi connectivity index (χ3v) is 3.34. The summed E-state index contributed by atoms with van der Waals surface area (Å²) in [6.07, 6.45) is -1.63. The Morgan fingerprint density at radius 3 is 2.70 bits per heavy atom. The second-order valence-electron chi connectivity index (χ2n) is 3.91. The van der Waals surface area contributed by atoms with E-state index in [0.717, 1.165) is 31.1 Å². The first-order chi connectivity index (χ1) is 9.36. The van der Waals surface area contributed by atoms with Crippen LogP contribution in [0.25, 0.3) is 0 Å². The van der Waals surface area contributed by atoms with Crippen LogP contribution in [0.1, 0.15) is 28.9 Å². The highest BCUT2D eigenvalue weighted by atomic mass is 32.2. The van der Waals surface area contributed by atoms with Crippen molar-refractivity contribution in [1.82, 2.24) is 4.98 Å². The van der Waals surface area contributed by atoms with Gasteiger partial charge in [-0.1, -0.05) is 11.8 Å². The van der Waals surface area contributed by atoms with Crippen molar-refractivity contribution < 1.29 is 28.9 Å².